The van der Waals surface area contributed by atoms with Gasteiger partial charge in [0, 0.05) is 11.8 Å². The maximum absolute atomic E-state index is 14.3. The van der Waals surface area contributed by atoms with Crippen molar-refractivity contribution in [3.8, 4) is 17.0 Å². The molecular formula is C16H14ClF3N2O4S. The van der Waals surface area contributed by atoms with Crippen LogP contribution < -0.4 is 9.46 Å². The van der Waals surface area contributed by atoms with E-state index in [-0.39, 0.29) is 10.9 Å². The Morgan fingerprint density at radius 3 is 2.56 bits per heavy atom. The Hall–Kier alpha value is -2.33. The number of ether oxygens (including phenoxy) is 1. The van der Waals surface area contributed by atoms with Crippen molar-refractivity contribution in [2.24, 2.45) is 0 Å². The second kappa shape index (κ2) is 8.13. The molecular weight excluding hydrogens is 409 g/mol. The topological polar surface area (TPSA) is 85.4 Å². The molecule has 0 unspecified atom stereocenters. The Morgan fingerprint density at radius 2 is 2.00 bits per heavy atom. The SMILES string of the molecule is Cc1cc(C(=O)NS(C)(=O)=O)c(F)cc1-c1cnc(OCC(F)F)c(Cl)c1. The molecule has 0 bridgehead atoms. The molecule has 0 radical (unpaired) electrons. The number of pyridine rings is 1. The van der Waals surface area contributed by atoms with Crippen molar-refractivity contribution < 1.29 is 31.1 Å². The number of alkyl halides is 2. The average molecular weight is 423 g/mol. The van der Waals surface area contributed by atoms with Crippen LogP contribution in [0.4, 0.5) is 13.2 Å². The number of hydrogen-bond donors (Lipinski definition) is 1. The van der Waals surface area contributed by atoms with E-state index in [2.05, 4.69) is 4.98 Å². The van der Waals surface area contributed by atoms with Gasteiger partial charge in [0.2, 0.25) is 15.9 Å². The van der Waals surface area contributed by atoms with Gasteiger partial charge in [-0.2, -0.15) is 0 Å². The number of halogens is 4. The minimum absolute atomic E-state index is 0.0492. The molecule has 0 saturated heterocycles. The number of rotatable bonds is 6. The van der Waals surface area contributed by atoms with E-state index in [1.807, 2.05) is 0 Å². The van der Waals surface area contributed by atoms with Crippen LogP contribution in [0.15, 0.2) is 24.4 Å². The number of amides is 1. The molecule has 0 aliphatic carbocycles. The number of carbonyl (C=O) groups excluding carboxylic acids is 1. The summed E-state index contributed by atoms with van der Waals surface area (Å²) in [7, 11) is -3.85. The van der Waals surface area contributed by atoms with Gasteiger partial charge in [0.1, 0.15) is 10.8 Å². The van der Waals surface area contributed by atoms with E-state index in [1.165, 1.54) is 18.3 Å². The highest BCUT2D eigenvalue weighted by molar-refractivity contribution is 7.89. The first-order valence-corrected chi connectivity index (χ1v) is 9.64. The van der Waals surface area contributed by atoms with Gasteiger partial charge < -0.3 is 4.74 Å². The summed E-state index contributed by atoms with van der Waals surface area (Å²) in [6.45, 7) is 0.699. The Balaban J connectivity index is 2.36. The van der Waals surface area contributed by atoms with Crippen molar-refractivity contribution in [1.29, 1.82) is 0 Å². The van der Waals surface area contributed by atoms with Gasteiger partial charge in [0.25, 0.3) is 12.3 Å². The number of aromatic nitrogens is 1. The third-order valence-electron chi connectivity index (χ3n) is 3.30. The number of aryl methyl sites for hydroxylation is 1. The summed E-state index contributed by atoms with van der Waals surface area (Å²) in [6.07, 6.45) is -0.662. The summed E-state index contributed by atoms with van der Waals surface area (Å²) in [4.78, 5) is 15.7. The number of nitrogens with zero attached hydrogens (tertiary/aromatic N) is 1. The lowest BCUT2D eigenvalue weighted by Gasteiger charge is -2.12. The lowest BCUT2D eigenvalue weighted by atomic mass is 9.99. The molecule has 27 heavy (non-hydrogen) atoms. The molecule has 6 nitrogen and oxygen atoms in total. The summed E-state index contributed by atoms with van der Waals surface area (Å²) < 4.78 is 67.4. The van der Waals surface area contributed by atoms with Crippen molar-refractivity contribution in [2.75, 3.05) is 12.9 Å². The summed E-state index contributed by atoms with van der Waals surface area (Å²) >= 11 is 5.95. The molecule has 1 heterocycles. The van der Waals surface area contributed by atoms with Crippen molar-refractivity contribution >= 4 is 27.5 Å². The van der Waals surface area contributed by atoms with Gasteiger partial charge >= 0.3 is 0 Å². The van der Waals surface area contributed by atoms with E-state index in [0.717, 1.165) is 12.3 Å². The van der Waals surface area contributed by atoms with E-state index in [0.29, 0.717) is 16.7 Å². The van der Waals surface area contributed by atoms with Crippen LogP contribution in [0.3, 0.4) is 0 Å². The molecule has 0 atom stereocenters. The number of benzene rings is 1. The third kappa shape index (κ3) is 5.57. The second-order valence-electron chi connectivity index (χ2n) is 5.56. The molecule has 0 saturated carbocycles. The molecule has 1 amide bonds. The fourth-order valence-corrected chi connectivity index (χ4v) is 2.88. The predicted octanol–water partition coefficient (Wildman–Crippen LogP) is 3.18. The highest BCUT2D eigenvalue weighted by Gasteiger charge is 2.19. The van der Waals surface area contributed by atoms with Crippen LogP contribution in [0.2, 0.25) is 5.02 Å². The van der Waals surface area contributed by atoms with E-state index in [4.69, 9.17) is 16.3 Å². The lowest BCUT2D eigenvalue weighted by Crippen LogP contribution is -2.30. The van der Waals surface area contributed by atoms with Crippen molar-refractivity contribution in [2.45, 2.75) is 13.3 Å². The zero-order valence-electron chi connectivity index (χ0n) is 14.1. The summed E-state index contributed by atoms with van der Waals surface area (Å²) in [5.74, 6) is -2.24. The first-order chi connectivity index (χ1) is 12.5. The first-order valence-electron chi connectivity index (χ1n) is 7.37. The Kier molecular flexibility index (Phi) is 6.32. The van der Waals surface area contributed by atoms with Gasteiger partial charge in [-0.25, -0.2) is 31.3 Å². The number of sulfonamides is 1. The fourth-order valence-electron chi connectivity index (χ4n) is 2.21. The first kappa shape index (κ1) is 21.0. The van der Waals surface area contributed by atoms with Crippen molar-refractivity contribution in [1.82, 2.24) is 9.71 Å². The molecule has 0 aliphatic rings. The molecule has 11 heteroatoms. The Morgan fingerprint density at radius 1 is 1.33 bits per heavy atom. The summed E-state index contributed by atoms with van der Waals surface area (Å²) in [5, 5.41) is -0.0492. The number of carbonyl (C=O) groups is 1. The molecule has 2 aromatic rings. The smallest absolute Gasteiger partial charge is 0.272 e. The second-order valence-corrected chi connectivity index (χ2v) is 7.72. The molecule has 0 spiro atoms. The van der Waals surface area contributed by atoms with E-state index in [9.17, 15) is 26.4 Å². The van der Waals surface area contributed by atoms with Crippen LogP contribution in [-0.4, -0.2) is 38.6 Å². The van der Waals surface area contributed by atoms with Gasteiger partial charge in [-0.1, -0.05) is 11.6 Å². The van der Waals surface area contributed by atoms with E-state index < -0.39 is 40.3 Å². The van der Waals surface area contributed by atoms with Crippen LogP contribution in [0.5, 0.6) is 5.88 Å². The van der Waals surface area contributed by atoms with Crippen LogP contribution in [0.25, 0.3) is 11.1 Å². The highest BCUT2D eigenvalue weighted by Crippen LogP contribution is 2.31. The lowest BCUT2D eigenvalue weighted by molar-refractivity contribution is 0.0796. The molecule has 0 aliphatic heterocycles. The van der Waals surface area contributed by atoms with Gasteiger partial charge in [-0.05, 0) is 36.2 Å². The van der Waals surface area contributed by atoms with Gasteiger partial charge in [-0.15, -0.1) is 0 Å². The normalized spacial score (nSPS) is 11.5. The number of hydrogen-bond acceptors (Lipinski definition) is 5. The minimum Gasteiger partial charge on any atom is -0.471 e. The maximum atomic E-state index is 14.3. The maximum Gasteiger partial charge on any atom is 0.272 e. The minimum atomic E-state index is -3.85. The largest absolute Gasteiger partial charge is 0.471 e. The standard InChI is InChI=1S/C16H14ClF3N2O4S/c1-8-3-11(15(23)22-27(2,24)25)13(18)5-10(8)9-4-12(17)16(21-6-9)26-7-14(19)20/h3-6,14H,7H2,1-2H3,(H,22,23). The van der Waals surface area contributed by atoms with Crippen LogP contribution >= 0.6 is 11.6 Å². The zero-order chi connectivity index (χ0) is 20.4. The Bertz CT molecular complexity index is 984. The zero-order valence-corrected chi connectivity index (χ0v) is 15.7. The van der Waals surface area contributed by atoms with Crippen LogP contribution in [-0.2, 0) is 10.0 Å². The molecule has 1 N–H and O–H groups in total. The molecule has 146 valence electrons. The van der Waals surface area contributed by atoms with E-state index >= 15 is 0 Å². The average Bonchev–Trinajstić information content (AvgIpc) is 2.53. The van der Waals surface area contributed by atoms with Gasteiger partial charge in [0.05, 0.1) is 11.8 Å². The highest BCUT2D eigenvalue weighted by atomic mass is 35.5. The third-order valence-corrected chi connectivity index (χ3v) is 4.13. The molecule has 1 aromatic carbocycles. The van der Waals surface area contributed by atoms with Gasteiger partial charge in [-0.3, -0.25) is 4.79 Å². The summed E-state index contributed by atoms with van der Waals surface area (Å²) in [5.41, 5.74) is 0.681. The number of nitrogens with one attached hydrogen (secondary N) is 1. The summed E-state index contributed by atoms with van der Waals surface area (Å²) in [6, 6.07) is 3.56. The van der Waals surface area contributed by atoms with Crippen LogP contribution in [0, 0.1) is 12.7 Å². The Labute approximate surface area is 158 Å². The van der Waals surface area contributed by atoms with Gasteiger partial charge in [0.15, 0.2) is 6.61 Å². The predicted molar refractivity (Wildman–Crippen MR) is 93.2 cm³/mol. The molecule has 2 rings (SSSR count). The van der Waals surface area contributed by atoms with Crippen molar-refractivity contribution in [3.63, 3.8) is 0 Å². The van der Waals surface area contributed by atoms with Crippen LogP contribution in [0.1, 0.15) is 15.9 Å². The molecule has 1 aromatic heterocycles. The van der Waals surface area contributed by atoms with Crippen molar-refractivity contribution in [3.05, 3.63) is 46.4 Å². The quantitative estimate of drug-likeness (QED) is 0.772. The molecule has 0 fully saturated rings. The monoisotopic (exact) mass is 422 g/mol. The van der Waals surface area contributed by atoms with E-state index in [1.54, 1.807) is 11.6 Å². The fraction of sp³-hybridized carbons (Fsp3) is 0.250.